The molecular formula is C13H13NO2. The predicted molar refractivity (Wildman–Crippen MR) is 64.9 cm³/mol. The Morgan fingerprint density at radius 2 is 2.06 bits per heavy atom. The molecular weight excluding hydrogens is 202 g/mol. The van der Waals surface area contributed by atoms with Crippen molar-refractivity contribution in [3.8, 4) is 5.75 Å². The monoisotopic (exact) mass is 215 g/mol. The molecule has 0 fully saturated rings. The average molecular weight is 215 g/mol. The van der Waals surface area contributed by atoms with E-state index < -0.39 is 0 Å². The molecule has 16 heavy (non-hydrogen) atoms. The summed E-state index contributed by atoms with van der Waals surface area (Å²) in [6, 6.07) is 7.40. The Morgan fingerprint density at radius 1 is 1.31 bits per heavy atom. The van der Waals surface area contributed by atoms with Crippen LogP contribution in [0, 0.1) is 0 Å². The predicted octanol–water partition coefficient (Wildman–Crippen LogP) is 2.48. The Kier molecular flexibility index (Phi) is 3.05. The van der Waals surface area contributed by atoms with Gasteiger partial charge >= 0.3 is 0 Å². The molecule has 0 spiro atoms. The molecule has 0 aliphatic heterocycles. The number of hydrogen-bond acceptors (Lipinski definition) is 2. The minimum Gasteiger partial charge on any atom is -0.491 e. The van der Waals surface area contributed by atoms with Crippen LogP contribution in [0.15, 0.2) is 47.9 Å². The fourth-order valence-electron chi connectivity index (χ4n) is 1.55. The van der Waals surface area contributed by atoms with Crippen LogP contribution in [0.3, 0.4) is 0 Å². The van der Waals surface area contributed by atoms with Crippen LogP contribution in [0.5, 0.6) is 5.75 Å². The third-order valence-electron chi connectivity index (χ3n) is 2.35. The molecule has 0 bridgehead atoms. The number of ether oxygens (including phenoxy) is 1. The molecule has 0 atom stereocenters. The van der Waals surface area contributed by atoms with Gasteiger partial charge in [-0.25, -0.2) is 0 Å². The van der Waals surface area contributed by atoms with Gasteiger partial charge in [-0.15, -0.1) is 6.58 Å². The maximum absolute atomic E-state index is 11.5. The van der Waals surface area contributed by atoms with Gasteiger partial charge in [0.25, 0.3) is 5.56 Å². The highest BCUT2D eigenvalue weighted by molar-refractivity contribution is 5.86. The van der Waals surface area contributed by atoms with Crippen LogP contribution in [0.1, 0.15) is 6.42 Å². The topological polar surface area (TPSA) is 42.1 Å². The van der Waals surface area contributed by atoms with Crippen LogP contribution < -0.4 is 10.3 Å². The van der Waals surface area contributed by atoms with E-state index in [1.807, 2.05) is 18.2 Å². The molecule has 82 valence electrons. The fourth-order valence-corrected chi connectivity index (χ4v) is 1.55. The quantitative estimate of drug-likeness (QED) is 0.629. The van der Waals surface area contributed by atoms with Gasteiger partial charge in [0.15, 0.2) is 0 Å². The molecule has 3 nitrogen and oxygen atoms in total. The standard InChI is InChI=1S/C13H13NO2/c1-2-3-8-16-12-9-14-13(15)11-7-5-4-6-10(11)12/h2,4-7,9H,1,3,8H2,(H,14,15). The van der Waals surface area contributed by atoms with Crippen molar-refractivity contribution in [1.82, 2.24) is 4.98 Å². The number of H-pyrrole nitrogens is 1. The van der Waals surface area contributed by atoms with Crippen molar-refractivity contribution in [3.63, 3.8) is 0 Å². The lowest BCUT2D eigenvalue weighted by atomic mass is 10.1. The van der Waals surface area contributed by atoms with E-state index in [0.29, 0.717) is 17.7 Å². The molecule has 0 radical (unpaired) electrons. The maximum atomic E-state index is 11.5. The van der Waals surface area contributed by atoms with Crippen LogP contribution in [0.4, 0.5) is 0 Å². The van der Waals surface area contributed by atoms with Gasteiger partial charge < -0.3 is 9.72 Å². The first-order chi connectivity index (χ1) is 7.83. The molecule has 3 heteroatoms. The maximum Gasteiger partial charge on any atom is 0.256 e. The number of hydrogen-bond donors (Lipinski definition) is 1. The lowest BCUT2D eigenvalue weighted by molar-refractivity contribution is 0.327. The summed E-state index contributed by atoms with van der Waals surface area (Å²) >= 11 is 0. The normalized spacial score (nSPS) is 10.2. The van der Waals surface area contributed by atoms with Crippen molar-refractivity contribution in [2.45, 2.75) is 6.42 Å². The second kappa shape index (κ2) is 4.66. The lowest BCUT2D eigenvalue weighted by Crippen LogP contribution is -2.07. The number of rotatable bonds is 4. The highest BCUT2D eigenvalue weighted by Gasteiger charge is 2.03. The molecule has 0 unspecified atom stereocenters. The van der Waals surface area contributed by atoms with E-state index in [0.717, 1.165) is 11.8 Å². The van der Waals surface area contributed by atoms with E-state index in [1.54, 1.807) is 18.3 Å². The van der Waals surface area contributed by atoms with Crippen molar-refractivity contribution < 1.29 is 4.74 Å². The molecule has 0 amide bonds. The first-order valence-electron chi connectivity index (χ1n) is 5.17. The van der Waals surface area contributed by atoms with E-state index in [1.165, 1.54) is 0 Å². The molecule has 1 aromatic heterocycles. The van der Waals surface area contributed by atoms with Crippen molar-refractivity contribution in [2.24, 2.45) is 0 Å². The molecule has 0 aliphatic carbocycles. The van der Waals surface area contributed by atoms with Crippen molar-refractivity contribution >= 4 is 10.8 Å². The Bertz CT molecular complexity index is 557. The number of nitrogens with one attached hydrogen (secondary N) is 1. The second-order valence-corrected chi connectivity index (χ2v) is 3.45. The molecule has 0 aliphatic rings. The van der Waals surface area contributed by atoms with E-state index in [-0.39, 0.29) is 5.56 Å². The minimum absolute atomic E-state index is 0.0910. The Hall–Kier alpha value is -2.03. The lowest BCUT2D eigenvalue weighted by Gasteiger charge is -2.07. The summed E-state index contributed by atoms with van der Waals surface area (Å²) in [5.74, 6) is 0.706. The molecule has 2 rings (SSSR count). The van der Waals surface area contributed by atoms with Crippen LogP contribution in [-0.4, -0.2) is 11.6 Å². The summed E-state index contributed by atoms with van der Waals surface area (Å²) in [7, 11) is 0. The zero-order chi connectivity index (χ0) is 11.4. The zero-order valence-electron chi connectivity index (χ0n) is 8.90. The third kappa shape index (κ3) is 1.98. The smallest absolute Gasteiger partial charge is 0.256 e. The summed E-state index contributed by atoms with van der Waals surface area (Å²) in [4.78, 5) is 14.2. The zero-order valence-corrected chi connectivity index (χ0v) is 8.90. The first-order valence-corrected chi connectivity index (χ1v) is 5.17. The van der Waals surface area contributed by atoms with Crippen molar-refractivity contribution in [1.29, 1.82) is 0 Å². The third-order valence-corrected chi connectivity index (χ3v) is 2.35. The highest BCUT2D eigenvalue weighted by Crippen LogP contribution is 2.21. The molecule has 2 aromatic rings. The number of pyridine rings is 1. The first kappa shape index (κ1) is 10.5. The van der Waals surface area contributed by atoms with Gasteiger partial charge in [0.05, 0.1) is 12.0 Å². The largest absolute Gasteiger partial charge is 0.491 e. The second-order valence-electron chi connectivity index (χ2n) is 3.45. The summed E-state index contributed by atoms with van der Waals surface area (Å²) in [6.45, 7) is 4.20. The average Bonchev–Trinajstić information content (AvgIpc) is 2.33. The van der Waals surface area contributed by atoms with Gasteiger partial charge in [0.1, 0.15) is 5.75 Å². The van der Waals surface area contributed by atoms with Crippen LogP contribution >= 0.6 is 0 Å². The van der Waals surface area contributed by atoms with E-state index in [9.17, 15) is 4.79 Å². The number of benzene rings is 1. The van der Waals surface area contributed by atoms with E-state index >= 15 is 0 Å². The summed E-state index contributed by atoms with van der Waals surface area (Å²) in [5, 5.41) is 1.49. The van der Waals surface area contributed by atoms with Gasteiger partial charge in [-0.3, -0.25) is 4.79 Å². The SMILES string of the molecule is C=CCCOc1c[nH]c(=O)c2ccccc12. The Morgan fingerprint density at radius 3 is 2.81 bits per heavy atom. The van der Waals surface area contributed by atoms with E-state index in [4.69, 9.17) is 4.74 Å². The Labute approximate surface area is 93.4 Å². The summed E-state index contributed by atoms with van der Waals surface area (Å²) < 4.78 is 5.57. The van der Waals surface area contributed by atoms with E-state index in [2.05, 4.69) is 11.6 Å². The van der Waals surface area contributed by atoms with Gasteiger partial charge in [-0.05, 0) is 12.5 Å². The fraction of sp³-hybridized carbons (Fsp3) is 0.154. The van der Waals surface area contributed by atoms with Gasteiger partial charge in [0, 0.05) is 11.6 Å². The Balaban J connectivity index is 2.42. The minimum atomic E-state index is -0.0910. The van der Waals surface area contributed by atoms with Crippen molar-refractivity contribution in [2.75, 3.05) is 6.61 Å². The molecule has 1 N–H and O–H groups in total. The van der Waals surface area contributed by atoms with Crippen LogP contribution in [0.2, 0.25) is 0 Å². The summed E-state index contributed by atoms with van der Waals surface area (Å²) in [6.07, 6.45) is 4.19. The summed E-state index contributed by atoms with van der Waals surface area (Å²) in [5.41, 5.74) is -0.0910. The van der Waals surface area contributed by atoms with Crippen molar-refractivity contribution in [3.05, 3.63) is 53.5 Å². The molecule has 0 saturated heterocycles. The highest BCUT2D eigenvalue weighted by atomic mass is 16.5. The molecule has 0 saturated carbocycles. The van der Waals surface area contributed by atoms with Crippen LogP contribution in [-0.2, 0) is 0 Å². The van der Waals surface area contributed by atoms with Gasteiger partial charge in [-0.2, -0.15) is 0 Å². The molecule has 1 aromatic carbocycles. The number of aromatic nitrogens is 1. The van der Waals surface area contributed by atoms with Gasteiger partial charge in [-0.1, -0.05) is 24.3 Å². The van der Waals surface area contributed by atoms with Gasteiger partial charge in [0.2, 0.25) is 0 Å². The molecule has 1 heterocycles. The van der Waals surface area contributed by atoms with Crippen LogP contribution in [0.25, 0.3) is 10.8 Å². The number of fused-ring (bicyclic) bond motifs is 1. The number of aromatic amines is 1.